The van der Waals surface area contributed by atoms with Crippen LogP contribution in [0, 0.1) is 11.8 Å². The van der Waals surface area contributed by atoms with Crippen LogP contribution < -0.4 is 10.6 Å². The quantitative estimate of drug-likeness (QED) is 0.471. The minimum Gasteiger partial charge on any atom is -0.373 e. The van der Waals surface area contributed by atoms with Crippen molar-refractivity contribution in [3.05, 3.63) is 0 Å². The van der Waals surface area contributed by atoms with Gasteiger partial charge in [0.15, 0.2) is 0 Å². The number of carbonyl (C=O) groups is 3. The fourth-order valence-corrected chi connectivity index (χ4v) is 3.89. The predicted octanol–water partition coefficient (Wildman–Crippen LogP) is -0.345. The van der Waals surface area contributed by atoms with E-state index in [-0.39, 0.29) is 54.7 Å². The maximum Gasteiger partial charge on any atom is 0.235 e. The van der Waals surface area contributed by atoms with Crippen LogP contribution in [0.4, 0.5) is 0 Å². The van der Waals surface area contributed by atoms with Crippen LogP contribution in [0.3, 0.4) is 0 Å². The zero-order valence-electron chi connectivity index (χ0n) is 13.5. The molecule has 3 rings (SSSR count). The van der Waals surface area contributed by atoms with Crippen molar-refractivity contribution in [2.75, 3.05) is 26.2 Å². The molecule has 0 aromatic heterocycles. The number of fused-ring (bicyclic) bond motifs is 5. The topological polar surface area (TPSA) is 87.7 Å². The molecular weight excluding hydrogens is 298 g/mol. The fraction of sp³-hybridized carbons (Fsp3) is 0.812. The van der Waals surface area contributed by atoms with Crippen LogP contribution in [0.25, 0.3) is 0 Å². The Bertz CT molecular complexity index is 468. The molecular formula is C16H25N3O4. The number of nitrogens with zero attached hydrogens (tertiary/aromatic N) is 1. The van der Waals surface area contributed by atoms with E-state index < -0.39 is 0 Å². The molecule has 3 aliphatic rings. The third kappa shape index (κ3) is 3.12. The lowest BCUT2D eigenvalue weighted by molar-refractivity contribution is -0.142. The summed E-state index contributed by atoms with van der Waals surface area (Å²) in [5.74, 6) is -1.03. The summed E-state index contributed by atoms with van der Waals surface area (Å²) >= 11 is 0. The van der Waals surface area contributed by atoms with Gasteiger partial charge in [-0.25, -0.2) is 0 Å². The van der Waals surface area contributed by atoms with Gasteiger partial charge in [-0.15, -0.1) is 0 Å². The normalized spacial score (nSPS) is 31.8. The summed E-state index contributed by atoms with van der Waals surface area (Å²) in [6, 6.07) is 0. The number of ether oxygens (including phenoxy) is 1. The maximum absolute atomic E-state index is 12.4. The number of hydrogen-bond donors (Lipinski definition) is 2. The van der Waals surface area contributed by atoms with Crippen LogP contribution in [-0.2, 0) is 19.1 Å². The second kappa shape index (κ2) is 6.97. The van der Waals surface area contributed by atoms with Gasteiger partial charge in [0.25, 0.3) is 0 Å². The second-order valence-corrected chi connectivity index (χ2v) is 6.52. The fourth-order valence-electron chi connectivity index (χ4n) is 3.89. The second-order valence-electron chi connectivity index (χ2n) is 6.52. The van der Waals surface area contributed by atoms with E-state index in [1.807, 2.05) is 0 Å². The molecule has 0 radical (unpaired) electrons. The van der Waals surface area contributed by atoms with Crippen LogP contribution in [0.15, 0.2) is 0 Å². The van der Waals surface area contributed by atoms with Gasteiger partial charge in [0, 0.05) is 26.1 Å². The summed E-state index contributed by atoms with van der Waals surface area (Å²) in [4.78, 5) is 37.9. The first-order valence-corrected chi connectivity index (χ1v) is 8.61. The van der Waals surface area contributed by atoms with Crippen LogP contribution in [0.1, 0.15) is 32.6 Å². The highest BCUT2D eigenvalue weighted by Crippen LogP contribution is 2.48. The summed E-state index contributed by atoms with van der Waals surface area (Å²) in [5.41, 5.74) is 0. The van der Waals surface area contributed by atoms with Gasteiger partial charge in [0.2, 0.25) is 17.7 Å². The molecule has 0 saturated carbocycles. The number of hydrogen-bond acceptors (Lipinski definition) is 5. The van der Waals surface area contributed by atoms with E-state index >= 15 is 0 Å². The Labute approximate surface area is 136 Å². The van der Waals surface area contributed by atoms with Crippen LogP contribution in [0.2, 0.25) is 0 Å². The Balaban J connectivity index is 1.43. The molecule has 0 spiro atoms. The number of amides is 3. The first-order valence-electron chi connectivity index (χ1n) is 8.61. The van der Waals surface area contributed by atoms with Gasteiger partial charge in [-0.1, -0.05) is 6.92 Å². The van der Waals surface area contributed by atoms with E-state index in [4.69, 9.17) is 4.74 Å². The Morgan fingerprint density at radius 2 is 1.78 bits per heavy atom. The highest BCUT2D eigenvalue weighted by Gasteiger charge is 2.62. The van der Waals surface area contributed by atoms with E-state index in [1.165, 1.54) is 4.90 Å². The van der Waals surface area contributed by atoms with Crippen molar-refractivity contribution in [3.63, 3.8) is 0 Å². The summed E-state index contributed by atoms with van der Waals surface area (Å²) in [5, 5.41) is 6.00. The maximum atomic E-state index is 12.4. The number of rotatable bonds is 8. The molecule has 0 aromatic carbocycles. The third-order valence-corrected chi connectivity index (χ3v) is 4.99. The summed E-state index contributed by atoms with van der Waals surface area (Å²) in [6.07, 6.45) is 2.77. The molecule has 4 atom stereocenters. The molecule has 3 heterocycles. The van der Waals surface area contributed by atoms with Crippen molar-refractivity contribution in [2.24, 2.45) is 11.8 Å². The molecule has 3 aliphatic heterocycles. The average Bonchev–Trinajstić information content (AvgIpc) is 3.20. The minimum absolute atomic E-state index is 0.0927. The number of likely N-dealkylation sites (tertiary alicyclic amines) is 1. The highest BCUT2D eigenvalue weighted by molar-refractivity contribution is 6.06. The predicted molar refractivity (Wildman–Crippen MR) is 82.4 cm³/mol. The zero-order valence-corrected chi connectivity index (χ0v) is 13.5. The largest absolute Gasteiger partial charge is 0.373 e. The highest BCUT2D eigenvalue weighted by atomic mass is 16.5. The molecule has 0 aromatic rings. The van der Waals surface area contributed by atoms with Crippen molar-refractivity contribution in [3.8, 4) is 0 Å². The van der Waals surface area contributed by atoms with E-state index in [1.54, 1.807) is 0 Å². The summed E-state index contributed by atoms with van der Waals surface area (Å²) in [6.45, 7) is 4.48. The lowest BCUT2D eigenvalue weighted by atomic mass is 9.81. The molecule has 2 bridgehead atoms. The van der Waals surface area contributed by atoms with Crippen molar-refractivity contribution < 1.29 is 19.1 Å². The van der Waals surface area contributed by atoms with Crippen LogP contribution >= 0.6 is 0 Å². The smallest absolute Gasteiger partial charge is 0.235 e. The molecule has 128 valence electrons. The Kier molecular flexibility index (Phi) is 4.96. The molecule has 3 fully saturated rings. The lowest BCUT2D eigenvalue weighted by Crippen LogP contribution is -2.38. The van der Waals surface area contributed by atoms with Crippen molar-refractivity contribution >= 4 is 17.7 Å². The van der Waals surface area contributed by atoms with Crippen LogP contribution in [-0.4, -0.2) is 61.0 Å². The van der Waals surface area contributed by atoms with E-state index in [2.05, 4.69) is 17.6 Å². The first kappa shape index (κ1) is 16.4. The van der Waals surface area contributed by atoms with Gasteiger partial charge < -0.3 is 15.4 Å². The third-order valence-electron chi connectivity index (χ3n) is 4.99. The zero-order chi connectivity index (χ0) is 16.4. The molecule has 7 nitrogen and oxygen atoms in total. The minimum atomic E-state index is -0.303. The standard InChI is InChI=1S/C16H25N3O4/c1-2-6-17-7-8-18-12(20)5-9-19-15(21)13-10-3-4-11(23-10)14(13)16(19)22/h10-11,13-14,17H,2-9H2,1H3,(H,18,20). The average molecular weight is 323 g/mol. The van der Waals surface area contributed by atoms with E-state index in [0.717, 1.165) is 32.4 Å². The molecule has 0 aliphatic carbocycles. The van der Waals surface area contributed by atoms with E-state index in [9.17, 15) is 14.4 Å². The number of imide groups is 1. The molecule has 7 heteroatoms. The molecule has 3 saturated heterocycles. The van der Waals surface area contributed by atoms with Gasteiger partial charge in [-0.3, -0.25) is 19.3 Å². The monoisotopic (exact) mass is 323 g/mol. The van der Waals surface area contributed by atoms with Gasteiger partial charge in [-0.05, 0) is 25.8 Å². The Morgan fingerprint density at radius 1 is 1.13 bits per heavy atom. The number of carbonyl (C=O) groups excluding carboxylic acids is 3. The van der Waals surface area contributed by atoms with Gasteiger partial charge in [-0.2, -0.15) is 0 Å². The summed E-state index contributed by atoms with van der Waals surface area (Å²) < 4.78 is 5.68. The molecule has 2 N–H and O–H groups in total. The molecule has 4 unspecified atom stereocenters. The molecule has 3 amide bonds. The summed E-state index contributed by atoms with van der Waals surface area (Å²) in [7, 11) is 0. The van der Waals surface area contributed by atoms with Crippen LogP contribution in [0.5, 0.6) is 0 Å². The van der Waals surface area contributed by atoms with Gasteiger partial charge in [0.05, 0.1) is 24.0 Å². The van der Waals surface area contributed by atoms with Gasteiger partial charge in [0.1, 0.15) is 0 Å². The molecule has 23 heavy (non-hydrogen) atoms. The van der Waals surface area contributed by atoms with Crippen molar-refractivity contribution in [1.82, 2.24) is 15.5 Å². The lowest BCUT2D eigenvalue weighted by Gasteiger charge is -2.17. The van der Waals surface area contributed by atoms with Crippen molar-refractivity contribution in [2.45, 2.75) is 44.8 Å². The van der Waals surface area contributed by atoms with E-state index in [0.29, 0.717) is 6.54 Å². The number of nitrogens with one attached hydrogen (secondary N) is 2. The Morgan fingerprint density at radius 3 is 2.39 bits per heavy atom. The van der Waals surface area contributed by atoms with Gasteiger partial charge >= 0.3 is 0 Å². The SMILES string of the molecule is CCCNCCNC(=O)CCN1C(=O)C2C3CCC(O3)C2C1=O. The Hall–Kier alpha value is -1.47. The van der Waals surface area contributed by atoms with Crippen molar-refractivity contribution in [1.29, 1.82) is 0 Å². The first-order chi connectivity index (χ1) is 11.1.